The minimum Gasteiger partial charge on any atom is -0.444 e. The zero-order valence-corrected chi connectivity index (χ0v) is 20.8. The van der Waals surface area contributed by atoms with E-state index in [-0.39, 0.29) is 6.09 Å². The number of likely N-dealkylation sites (tertiary alicyclic amines) is 1. The predicted octanol–water partition coefficient (Wildman–Crippen LogP) is 5.87. The minimum atomic E-state index is -0.493. The van der Waals surface area contributed by atoms with E-state index < -0.39 is 5.60 Å². The van der Waals surface area contributed by atoms with Crippen LogP contribution in [-0.4, -0.2) is 50.8 Å². The molecule has 9 heteroatoms. The van der Waals surface area contributed by atoms with Gasteiger partial charge in [0, 0.05) is 36.3 Å². The Kier molecular flexibility index (Phi) is 6.62. The molecule has 0 radical (unpaired) electrons. The number of aromatic nitrogens is 3. The highest BCUT2D eigenvalue weighted by atomic mass is 79.9. The van der Waals surface area contributed by atoms with E-state index in [1.165, 1.54) is 0 Å². The van der Waals surface area contributed by atoms with Crippen molar-refractivity contribution in [2.75, 3.05) is 25.0 Å². The first-order valence-electron chi connectivity index (χ1n) is 10.7. The van der Waals surface area contributed by atoms with Crippen molar-refractivity contribution < 1.29 is 9.53 Å². The average Bonchev–Trinajstić information content (AvgIpc) is 3.12. The standard InChI is InChI=1S/C23H27BrClN5O2/c1-23(2,3)32-22(31)29-10-6-7-15(14-29)12-26-20-11-19(16-8-4-5-9-18(16)25)28-21-17(24)13-27-30(20)21/h4-5,8-9,11,13,15,26H,6-7,10,12,14H2,1-3H3. The van der Waals surface area contributed by atoms with Crippen LogP contribution in [0.25, 0.3) is 16.9 Å². The summed E-state index contributed by atoms with van der Waals surface area (Å²) in [5, 5.41) is 8.62. The smallest absolute Gasteiger partial charge is 0.410 e. The van der Waals surface area contributed by atoms with E-state index in [1.807, 2.05) is 56.0 Å². The zero-order chi connectivity index (χ0) is 22.9. The number of carbonyl (C=O) groups excluding carboxylic acids is 1. The van der Waals surface area contributed by atoms with Crippen LogP contribution in [-0.2, 0) is 4.74 Å². The van der Waals surface area contributed by atoms with Gasteiger partial charge in [-0.1, -0.05) is 29.8 Å². The number of hydrogen-bond acceptors (Lipinski definition) is 5. The number of anilines is 1. The van der Waals surface area contributed by atoms with E-state index in [0.717, 1.165) is 40.9 Å². The largest absolute Gasteiger partial charge is 0.444 e. The van der Waals surface area contributed by atoms with E-state index in [1.54, 1.807) is 10.7 Å². The molecule has 1 saturated heterocycles. The van der Waals surface area contributed by atoms with E-state index >= 15 is 0 Å². The molecule has 0 bridgehead atoms. The third-order valence-electron chi connectivity index (χ3n) is 5.32. The van der Waals surface area contributed by atoms with Gasteiger partial charge in [-0.2, -0.15) is 9.61 Å². The van der Waals surface area contributed by atoms with Crippen LogP contribution in [0, 0.1) is 5.92 Å². The number of ether oxygens (including phenoxy) is 1. The zero-order valence-electron chi connectivity index (χ0n) is 18.4. The van der Waals surface area contributed by atoms with E-state index in [9.17, 15) is 4.79 Å². The summed E-state index contributed by atoms with van der Waals surface area (Å²) in [6.45, 7) is 7.77. The van der Waals surface area contributed by atoms with Crippen LogP contribution in [0.15, 0.2) is 41.0 Å². The van der Waals surface area contributed by atoms with Gasteiger partial charge in [0.2, 0.25) is 0 Å². The van der Waals surface area contributed by atoms with Crippen LogP contribution in [0.3, 0.4) is 0 Å². The second kappa shape index (κ2) is 9.27. The fraction of sp³-hybridized carbons (Fsp3) is 0.435. The van der Waals surface area contributed by atoms with Crippen LogP contribution in [0.4, 0.5) is 10.6 Å². The summed E-state index contributed by atoms with van der Waals surface area (Å²) in [5.74, 6) is 1.13. The lowest BCUT2D eigenvalue weighted by Gasteiger charge is -2.34. The van der Waals surface area contributed by atoms with Crippen molar-refractivity contribution >= 4 is 45.1 Å². The molecule has 1 aliphatic heterocycles. The fourth-order valence-electron chi connectivity index (χ4n) is 3.84. The highest BCUT2D eigenvalue weighted by Gasteiger charge is 2.27. The number of rotatable bonds is 4. The number of nitrogens with one attached hydrogen (secondary N) is 1. The molecule has 2 aromatic heterocycles. The van der Waals surface area contributed by atoms with Crippen LogP contribution < -0.4 is 5.32 Å². The summed E-state index contributed by atoms with van der Waals surface area (Å²) < 4.78 is 8.14. The van der Waals surface area contributed by atoms with Crippen molar-refractivity contribution in [2.24, 2.45) is 5.92 Å². The Labute approximate surface area is 201 Å². The second-order valence-electron chi connectivity index (χ2n) is 9.05. The molecule has 0 saturated carbocycles. The lowest BCUT2D eigenvalue weighted by atomic mass is 9.98. The lowest BCUT2D eigenvalue weighted by Crippen LogP contribution is -2.44. The lowest BCUT2D eigenvalue weighted by molar-refractivity contribution is 0.0172. The molecule has 1 N–H and O–H groups in total. The summed E-state index contributed by atoms with van der Waals surface area (Å²) >= 11 is 9.96. The molecule has 7 nitrogen and oxygen atoms in total. The topological polar surface area (TPSA) is 71.8 Å². The Morgan fingerprint density at radius 3 is 2.88 bits per heavy atom. The van der Waals surface area contributed by atoms with Crippen molar-refractivity contribution in [3.8, 4) is 11.3 Å². The molecule has 1 aliphatic rings. The molecular formula is C23H27BrClN5O2. The quantitative estimate of drug-likeness (QED) is 0.466. The number of hydrogen-bond donors (Lipinski definition) is 1. The third kappa shape index (κ3) is 5.18. The number of amides is 1. The summed E-state index contributed by atoms with van der Waals surface area (Å²) in [5.41, 5.74) is 1.85. The van der Waals surface area contributed by atoms with Crippen molar-refractivity contribution in [3.05, 3.63) is 46.0 Å². The Bertz CT molecular complexity index is 1130. The number of piperidine rings is 1. The molecule has 170 valence electrons. The van der Waals surface area contributed by atoms with Crippen molar-refractivity contribution in [1.82, 2.24) is 19.5 Å². The Morgan fingerprint density at radius 1 is 1.34 bits per heavy atom. The van der Waals surface area contributed by atoms with Crippen LogP contribution in [0.2, 0.25) is 5.02 Å². The number of halogens is 2. The molecule has 1 aromatic carbocycles. The molecule has 3 heterocycles. The van der Waals surface area contributed by atoms with Gasteiger partial charge < -0.3 is 15.0 Å². The first kappa shape index (κ1) is 22.9. The van der Waals surface area contributed by atoms with Gasteiger partial charge in [0.05, 0.1) is 16.4 Å². The van der Waals surface area contributed by atoms with Crippen LogP contribution in [0.1, 0.15) is 33.6 Å². The van der Waals surface area contributed by atoms with Crippen LogP contribution in [0.5, 0.6) is 0 Å². The molecule has 32 heavy (non-hydrogen) atoms. The van der Waals surface area contributed by atoms with Gasteiger partial charge in [0.25, 0.3) is 0 Å². The van der Waals surface area contributed by atoms with Crippen molar-refractivity contribution in [2.45, 2.75) is 39.2 Å². The maximum Gasteiger partial charge on any atom is 0.410 e. The van der Waals surface area contributed by atoms with Gasteiger partial charge in [-0.15, -0.1) is 0 Å². The third-order valence-corrected chi connectivity index (χ3v) is 6.21. The summed E-state index contributed by atoms with van der Waals surface area (Å²) in [6.07, 6.45) is 3.48. The van der Waals surface area contributed by atoms with Crippen molar-refractivity contribution in [1.29, 1.82) is 0 Å². The van der Waals surface area contributed by atoms with E-state index in [0.29, 0.717) is 29.7 Å². The monoisotopic (exact) mass is 519 g/mol. The van der Waals surface area contributed by atoms with Gasteiger partial charge in [-0.3, -0.25) is 0 Å². The van der Waals surface area contributed by atoms with Gasteiger partial charge in [-0.25, -0.2) is 9.78 Å². The number of carbonyl (C=O) groups is 1. The molecular weight excluding hydrogens is 494 g/mol. The van der Waals surface area contributed by atoms with Gasteiger partial charge in [0.15, 0.2) is 5.65 Å². The highest BCUT2D eigenvalue weighted by molar-refractivity contribution is 9.10. The first-order chi connectivity index (χ1) is 15.2. The molecule has 3 aromatic rings. The maximum atomic E-state index is 12.5. The number of fused-ring (bicyclic) bond motifs is 1. The average molecular weight is 521 g/mol. The number of nitrogens with zero attached hydrogens (tertiary/aromatic N) is 4. The normalized spacial score (nSPS) is 16.9. The molecule has 1 amide bonds. The van der Waals surface area contributed by atoms with Gasteiger partial charge in [-0.05, 0) is 61.5 Å². The molecule has 1 fully saturated rings. The van der Waals surface area contributed by atoms with Gasteiger partial charge in [0.1, 0.15) is 11.4 Å². The molecule has 4 rings (SSSR count). The van der Waals surface area contributed by atoms with Crippen LogP contribution >= 0.6 is 27.5 Å². The Hall–Kier alpha value is -2.32. The van der Waals surface area contributed by atoms with E-state index in [4.69, 9.17) is 21.3 Å². The summed E-state index contributed by atoms with van der Waals surface area (Å²) in [7, 11) is 0. The second-order valence-corrected chi connectivity index (χ2v) is 10.3. The Morgan fingerprint density at radius 2 is 2.12 bits per heavy atom. The Balaban J connectivity index is 1.53. The predicted molar refractivity (Wildman–Crippen MR) is 130 cm³/mol. The molecule has 1 atom stereocenters. The maximum absolute atomic E-state index is 12.5. The first-order valence-corrected chi connectivity index (χ1v) is 11.9. The highest BCUT2D eigenvalue weighted by Crippen LogP contribution is 2.30. The SMILES string of the molecule is CC(C)(C)OC(=O)N1CCCC(CNc2cc(-c3ccccc3Cl)nc3c(Br)cnn23)C1. The van der Waals surface area contributed by atoms with E-state index in [2.05, 4.69) is 26.3 Å². The summed E-state index contributed by atoms with van der Waals surface area (Å²) in [6, 6.07) is 9.61. The minimum absolute atomic E-state index is 0.245. The molecule has 0 spiro atoms. The van der Waals surface area contributed by atoms with Crippen molar-refractivity contribution in [3.63, 3.8) is 0 Å². The number of benzene rings is 1. The molecule has 1 unspecified atom stereocenters. The van der Waals surface area contributed by atoms with Gasteiger partial charge >= 0.3 is 6.09 Å². The molecule has 0 aliphatic carbocycles. The fourth-order valence-corrected chi connectivity index (χ4v) is 4.42. The summed E-state index contributed by atoms with van der Waals surface area (Å²) in [4.78, 5) is 19.0.